The smallest absolute Gasteiger partial charge is 0.124 e. The number of likely N-dealkylation sites (tertiary alicyclic amines) is 1. The van der Waals surface area contributed by atoms with Crippen molar-refractivity contribution in [3.8, 4) is 5.75 Å². The Bertz CT molecular complexity index is 958. The highest BCUT2D eigenvalue weighted by Gasteiger charge is 2.36. The monoisotopic (exact) mass is 394 g/mol. The van der Waals surface area contributed by atoms with E-state index in [2.05, 4.69) is 39.9 Å². The molecule has 0 unspecified atom stereocenters. The van der Waals surface area contributed by atoms with Gasteiger partial charge in [-0.2, -0.15) is 0 Å². The summed E-state index contributed by atoms with van der Waals surface area (Å²) in [4.78, 5) is 2.44. The molecule has 154 valence electrons. The number of para-hydroxylation sites is 2. The van der Waals surface area contributed by atoms with Crippen LogP contribution in [-0.4, -0.2) is 48.5 Å². The molecule has 1 N–H and O–H groups in total. The van der Waals surface area contributed by atoms with Gasteiger partial charge in [0.1, 0.15) is 5.75 Å². The molecule has 0 radical (unpaired) electrons. The Morgan fingerprint density at radius 2 is 1.72 bits per heavy atom. The molecule has 0 spiro atoms. The zero-order chi connectivity index (χ0) is 20.3. The third-order valence-corrected chi connectivity index (χ3v) is 6.09. The van der Waals surface area contributed by atoms with E-state index in [1.165, 1.54) is 16.5 Å². The molecule has 1 aliphatic rings. The molecule has 1 saturated heterocycles. The van der Waals surface area contributed by atoms with E-state index in [1.54, 1.807) is 14.2 Å². The fourth-order valence-electron chi connectivity index (χ4n) is 4.44. The number of aromatic nitrogens is 1. The van der Waals surface area contributed by atoms with E-state index < -0.39 is 5.60 Å². The summed E-state index contributed by atoms with van der Waals surface area (Å²) < 4.78 is 13.0. The van der Waals surface area contributed by atoms with Crippen LogP contribution in [0.3, 0.4) is 0 Å². The molecule has 2 heterocycles. The average molecular weight is 395 g/mol. The number of hydrogen-bond donors (Lipinski definition) is 1. The molecule has 4 rings (SSSR count). The molecule has 29 heavy (non-hydrogen) atoms. The van der Waals surface area contributed by atoms with Crippen LogP contribution in [0.5, 0.6) is 5.75 Å². The topological polar surface area (TPSA) is 46.9 Å². The van der Waals surface area contributed by atoms with E-state index in [-0.39, 0.29) is 0 Å². The van der Waals surface area contributed by atoms with Gasteiger partial charge < -0.3 is 19.1 Å². The molecule has 0 amide bonds. The Morgan fingerprint density at radius 3 is 2.48 bits per heavy atom. The Morgan fingerprint density at radius 1 is 1.00 bits per heavy atom. The van der Waals surface area contributed by atoms with Crippen molar-refractivity contribution in [3.63, 3.8) is 0 Å². The Kier molecular flexibility index (Phi) is 5.90. The summed E-state index contributed by atoms with van der Waals surface area (Å²) in [5, 5.41) is 12.6. The summed E-state index contributed by atoms with van der Waals surface area (Å²) in [6.07, 6.45) is 3.66. The molecule has 1 aromatic heterocycles. The van der Waals surface area contributed by atoms with Gasteiger partial charge in [0.15, 0.2) is 0 Å². The van der Waals surface area contributed by atoms with Crippen LogP contribution in [-0.2, 0) is 23.4 Å². The van der Waals surface area contributed by atoms with E-state index in [0.717, 1.165) is 37.5 Å². The van der Waals surface area contributed by atoms with Crippen molar-refractivity contribution in [2.45, 2.75) is 31.5 Å². The molecular weight excluding hydrogens is 364 g/mol. The zero-order valence-electron chi connectivity index (χ0n) is 17.3. The third-order valence-electron chi connectivity index (χ3n) is 6.09. The van der Waals surface area contributed by atoms with Gasteiger partial charge in [-0.25, -0.2) is 0 Å². The second kappa shape index (κ2) is 8.57. The number of nitrogens with zero attached hydrogens (tertiary/aromatic N) is 2. The molecule has 0 bridgehead atoms. The first-order valence-corrected chi connectivity index (χ1v) is 10.3. The van der Waals surface area contributed by atoms with Crippen molar-refractivity contribution < 1.29 is 14.6 Å². The van der Waals surface area contributed by atoms with Gasteiger partial charge in [-0.3, -0.25) is 4.90 Å². The maximum atomic E-state index is 11.3. The molecule has 0 atom stereocenters. The van der Waals surface area contributed by atoms with E-state index >= 15 is 0 Å². The average Bonchev–Trinajstić information content (AvgIpc) is 3.11. The lowest BCUT2D eigenvalue weighted by Crippen LogP contribution is -2.42. The molecule has 0 saturated carbocycles. The SMILES string of the molecule is COCCn1cc(CN2CCC(O)(c3ccccc3OC)CC2)c2ccccc21. The minimum absolute atomic E-state index is 0.702. The van der Waals surface area contributed by atoms with Crippen LogP contribution in [0, 0.1) is 0 Å². The first-order chi connectivity index (χ1) is 14.1. The van der Waals surface area contributed by atoms with Gasteiger partial charge in [-0.05, 0) is 30.5 Å². The van der Waals surface area contributed by atoms with Crippen molar-refractivity contribution in [3.05, 3.63) is 65.9 Å². The van der Waals surface area contributed by atoms with Crippen molar-refractivity contribution >= 4 is 10.9 Å². The second-order valence-corrected chi connectivity index (χ2v) is 7.87. The Labute approximate surface area is 172 Å². The third kappa shape index (κ3) is 4.04. The van der Waals surface area contributed by atoms with Gasteiger partial charge >= 0.3 is 0 Å². The van der Waals surface area contributed by atoms with Crippen molar-refractivity contribution in [2.24, 2.45) is 0 Å². The molecule has 1 aliphatic heterocycles. The number of aliphatic hydroxyl groups is 1. The van der Waals surface area contributed by atoms with Gasteiger partial charge in [-0.1, -0.05) is 36.4 Å². The lowest BCUT2D eigenvalue weighted by molar-refractivity contribution is -0.0291. The molecule has 3 aromatic rings. The van der Waals surface area contributed by atoms with E-state index in [4.69, 9.17) is 9.47 Å². The minimum Gasteiger partial charge on any atom is -0.496 e. The van der Waals surface area contributed by atoms with Crippen LogP contribution < -0.4 is 4.74 Å². The standard InChI is InChI=1S/C24H30N2O3/c1-28-16-15-26-18-19(20-7-3-5-9-22(20)26)17-25-13-11-24(27,12-14-25)21-8-4-6-10-23(21)29-2/h3-10,18,27H,11-17H2,1-2H3. The highest BCUT2D eigenvalue weighted by molar-refractivity contribution is 5.83. The maximum absolute atomic E-state index is 11.3. The quantitative estimate of drug-likeness (QED) is 0.663. The predicted octanol–water partition coefficient (Wildman–Crippen LogP) is 3.78. The van der Waals surface area contributed by atoms with E-state index in [9.17, 15) is 5.11 Å². The van der Waals surface area contributed by atoms with Crippen LogP contribution in [0.15, 0.2) is 54.7 Å². The van der Waals surface area contributed by atoms with E-state index in [0.29, 0.717) is 19.4 Å². The van der Waals surface area contributed by atoms with Gasteiger partial charge in [0.05, 0.1) is 19.3 Å². The fraction of sp³-hybridized carbons (Fsp3) is 0.417. The number of piperidine rings is 1. The molecule has 5 heteroatoms. The normalized spacial score (nSPS) is 16.9. The Hall–Kier alpha value is -2.34. The second-order valence-electron chi connectivity index (χ2n) is 7.87. The number of hydrogen-bond acceptors (Lipinski definition) is 4. The highest BCUT2D eigenvalue weighted by atomic mass is 16.5. The summed E-state index contributed by atoms with van der Waals surface area (Å²) in [7, 11) is 3.40. The Balaban J connectivity index is 1.49. The van der Waals surface area contributed by atoms with Crippen LogP contribution >= 0.6 is 0 Å². The van der Waals surface area contributed by atoms with Crippen LogP contribution in [0.1, 0.15) is 24.0 Å². The first kappa shape index (κ1) is 20.0. The summed E-state index contributed by atoms with van der Waals surface area (Å²) in [6.45, 7) is 4.15. The predicted molar refractivity (Wildman–Crippen MR) is 115 cm³/mol. The maximum Gasteiger partial charge on any atom is 0.124 e. The van der Waals surface area contributed by atoms with Gasteiger partial charge in [-0.15, -0.1) is 0 Å². The van der Waals surface area contributed by atoms with Gasteiger partial charge in [0, 0.05) is 56.0 Å². The van der Waals surface area contributed by atoms with Crippen molar-refractivity contribution in [1.29, 1.82) is 0 Å². The van der Waals surface area contributed by atoms with Crippen LogP contribution in [0.4, 0.5) is 0 Å². The number of ether oxygens (including phenoxy) is 2. The number of fused-ring (bicyclic) bond motifs is 1. The summed E-state index contributed by atoms with van der Waals surface area (Å²) in [5.74, 6) is 0.768. The van der Waals surface area contributed by atoms with Crippen LogP contribution in [0.25, 0.3) is 10.9 Å². The molecular formula is C24H30N2O3. The van der Waals surface area contributed by atoms with Crippen molar-refractivity contribution in [2.75, 3.05) is 33.9 Å². The summed E-state index contributed by atoms with van der Waals surface area (Å²) >= 11 is 0. The molecule has 5 nitrogen and oxygen atoms in total. The molecule has 0 aliphatic carbocycles. The highest BCUT2D eigenvalue weighted by Crippen LogP contribution is 2.38. The lowest BCUT2D eigenvalue weighted by Gasteiger charge is -2.39. The minimum atomic E-state index is -0.824. The molecule has 1 fully saturated rings. The summed E-state index contributed by atoms with van der Waals surface area (Å²) in [6, 6.07) is 16.4. The summed E-state index contributed by atoms with van der Waals surface area (Å²) in [5.41, 5.74) is 2.66. The van der Waals surface area contributed by atoms with Gasteiger partial charge in [0.25, 0.3) is 0 Å². The largest absolute Gasteiger partial charge is 0.496 e. The lowest BCUT2D eigenvalue weighted by atomic mass is 9.84. The number of methoxy groups -OCH3 is 2. The van der Waals surface area contributed by atoms with Gasteiger partial charge in [0.2, 0.25) is 0 Å². The first-order valence-electron chi connectivity index (χ1n) is 10.3. The fourth-order valence-corrected chi connectivity index (χ4v) is 4.44. The zero-order valence-corrected chi connectivity index (χ0v) is 17.3. The number of benzene rings is 2. The molecule has 2 aromatic carbocycles. The number of rotatable bonds is 7. The van der Waals surface area contributed by atoms with Crippen LogP contribution in [0.2, 0.25) is 0 Å². The van der Waals surface area contributed by atoms with E-state index in [1.807, 2.05) is 24.3 Å². The van der Waals surface area contributed by atoms with Crippen molar-refractivity contribution in [1.82, 2.24) is 9.47 Å².